The number of carboxylic acids is 3. The summed E-state index contributed by atoms with van der Waals surface area (Å²) in [5.74, 6) is -2.49. The summed E-state index contributed by atoms with van der Waals surface area (Å²) in [5, 5.41) is 87.5. The van der Waals surface area contributed by atoms with E-state index in [2.05, 4.69) is 26.1 Å². The van der Waals surface area contributed by atoms with E-state index in [1.807, 2.05) is 0 Å². The van der Waals surface area contributed by atoms with E-state index >= 15 is 0 Å². The van der Waals surface area contributed by atoms with Crippen LogP contribution < -0.4 is 5.32 Å². The Balaban J connectivity index is 0.00000253. The predicted molar refractivity (Wildman–Crippen MR) is 201 cm³/mol. The summed E-state index contributed by atoms with van der Waals surface area (Å²) in [6, 6.07) is -0.118. The molecule has 0 saturated heterocycles. The summed E-state index contributed by atoms with van der Waals surface area (Å²) in [6.07, 6.45) is 4.99. The zero-order valence-electron chi connectivity index (χ0n) is 33.4. The van der Waals surface area contributed by atoms with Gasteiger partial charge in [-0.05, 0) is 97.7 Å². The first-order valence-corrected chi connectivity index (χ1v) is 19.6. The van der Waals surface area contributed by atoms with Gasteiger partial charge in [-0.15, -0.1) is 0 Å². The number of hydrogen-bond donors (Lipinski definition) is 10. The Kier molecular flexibility index (Phi) is 19.9. The Hall–Kier alpha value is -2.48. The third kappa shape index (κ3) is 12.3. The molecule has 0 aliphatic heterocycles. The summed E-state index contributed by atoms with van der Waals surface area (Å²) >= 11 is 0. The molecule has 0 heterocycles. The molecule has 0 aromatic heterocycles. The molecule has 10 N–H and O–H groups in total. The van der Waals surface area contributed by atoms with Gasteiger partial charge >= 0.3 is 17.9 Å². The van der Waals surface area contributed by atoms with E-state index in [-0.39, 0.29) is 111 Å². The lowest BCUT2D eigenvalue weighted by Gasteiger charge is -2.63. The maximum Gasteiger partial charge on any atom is 0.317 e. The molecular weight excluding hydrogens is 720 g/mol. The van der Waals surface area contributed by atoms with Crippen molar-refractivity contribution >= 4 is 23.8 Å². The molecule has 4 aliphatic rings. The Bertz CT molecular complexity index is 1210. The van der Waals surface area contributed by atoms with Gasteiger partial charge in [-0.3, -0.25) is 33.9 Å². The number of fused-ring (bicyclic) bond motifs is 5. The van der Waals surface area contributed by atoms with Crippen LogP contribution >= 0.6 is 0 Å². The molecule has 0 aromatic carbocycles. The van der Waals surface area contributed by atoms with E-state index in [1.54, 1.807) is 4.90 Å². The van der Waals surface area contributed by atoms with Crippen LogP contribution in [0.5, 0.6) is 0 Å². The minimum atomic E-state index is -1.16. The number of amides is 1. The molecule has 1 amide bonds. The van der Waals surface area contributed by atoms with Crippen LogP contribution in [0.2, 0.25) is 0 Å². The van der Waals surface area contributed by atoms with Crippen LogP contribution in [0.25, 0.3) is 0 Å². The second kappa shape index (κ2) is 22.5. The first kappa shape index (κ1) is 48.7. The number of nitrogens with one attached hydrogen (secondary N) is 1. The zero-order valence-corrected chi connectivity index (χ0v) is 33.4. The van der Waals surface area contributed by atoms with Gasteiger partial charge in [0.2, 0.25) is 5.91 Å². The van der Waals surface area contributed by atoms with Crippen molar-refractivity contribution in [1.82, 2.24) is 20.0 Å². The molecule has 17 nitrogen and oxygen atoms in total. The molecule has 320 valence electrons. The highest BCUT2D eigenvalue weighted by molar-refractivity contribution is 5.78. The summed E-state index contributed by atoms with van der Waals surface area (Å²) in [4.78, 5) is 51.7. The number of nitrogens with zero attached hydrogens (tertiary/aromatic N) is 3. The summed E-state index contributed by atoms with van der Waals surface area (Å²) in [5.41, 5.74) is -0.480. The number of aliphatic hydroxyl groups excluding tert-OH is 6. The van der Waals surface area contributed by atoms with Gasteiger partial charge in [0.05, 0.1) is 45.3 Å². The number of carbonyl (C=O) groups is 4. The van der Waals surface area contributed by atoms with Crippen molar-refractivity contribution in [1.29, 1.82) is 0 Å². The smallest absolute Gasteiger partial charge is 0.317 e. The number of hydrogen-bond acceptors (Lipinski definition) is 13. The average molecular weight is 791 g/mol. The highest BCUT2D eigenvalue weighted by Gasteiger charge is 2.65. The van der Waals surface area contributed by atoms with Crippen LogP contribution in [0.1, 0.15) is 78.6 Å². The molecule has 0 spiro atoms. The van der Waals surface area contributed by atoms with Crippen molar-refractivity contribution in [2.45, 2.75) is 96.8 Å². The van der Waals surface area contributed by atoms with Crippen molar-refractivity contribution in [3.05, 3.63) is 0 Å². The number of rotatable bonds is 19. The molecule has 0 radical (unpaired) electrons. The standard InChI is InChI=1S/C36H62N4O11.2CH4O/c1-22(4-7-31(46)47)25-5-6-26-34-27(16-29(44)36(25,26)3)35(2)9-8-24(14-23(35)15-28(34)43)37-30(45)17-38(11-13-40(20-41)21-42)10-12-39(18-32(48)49)19-33(50)51;2*1-2/h22-29,34,41-44H,4-21H2,1-3H3,(H,37,45)(H,46,47)(H,48,49)(H,50,51);2*2H,1H3/t22?,23?,24?,25-,26?,27?,28?,29?,34?,35+,36-;;/m1../s1. The van der Waals surface area contributed by atoms with Crippen molar-refractivity contribution < 1.29 is 65.1 Å². The second-order valence-corrected chi connectivity index (χ2v) is 16.5. The number of carbonyl (C=O) groups excluding carboxylic acids is 1. The molecule has 0 bridgehead atoms. The van der Waals surface area contributed by atoms with Crippen LogP contribution in [0.4, 0.5) is 0 Å². The SMILES string of the molecule is CC(CCC(=O)O)[C@H]1CCC2C3C(O)CC4CC(NC(=O)CN(CCN(CO)CO)CCN(CC(=O)O)CC(=O)O)CC[C@]4(C)C3CC(O)[C@@]21C.CO.CO. The minimum absolute atomic E-state index is 0.0387. The molecule has 4 aliphatic carbocycles. The fourth-order valence-corrected chi connectivity index (χ4v) is 10.9. The van der Waals surface area contributed by atoms with Crippen molar-refractivity contribution in [3.8, 4) is 0 Å². The fourth-order valence-electron chi connectivity index (χ4n) is 10.9. The molecular formula is C38H70N4O13. The monoisotopic (exact) mass is 790 g/mol. The van der Waals surface area contributed by atoms with Gasteiger partial charge in [0.25, 0.3) is 0 Å². The number of carboxylic acid groups (broad SMARTS) is 3. The quantitative estimate of drug-likeness (QED) is 0.0757. The molecule has 4 saturated carbocycles. The van der Waals surface area contributed by atoms with Gasteiger partial charge in [0, 0.05) is 52.9 Å². The molecule has 17 heteroatoms. The predicted octanol–water partition coefficient (Wildman–Crippen LogP) is -0.236. The molecule has 8 unspecified atom stereocenters. The number of aliphatic carboxylic acids is 3. The number of aliphatic hydroxyl groups is 6. The van der Waals surface area contributed by atoms with E-state index in [1.165, 1.54) is 9.80 Å². The normalized spacial score (nSPS) is 32.9. The first-order chi connectivity index (χ1) is 26.0. The van der Waals surface area contributed by atoms with Crippen molar-refractivity contribution in [2.75, 3.05) is 73.5 Å². The molecule has 11 atom stereocenters. The lowest BCUT2D eigenvalue weighted by Crippen LogP contribution is -2.63. The minimum Gasteiger partial charge on any atom is -0.481 e. The van der Waals surface area contributed by atoms with Crippen molar-refractivity contribution in [2.24, 2.45) is 46.3 Å². The van der Waals surface area contributed by atoms with Gasteiger partial charge in [0.1, 0.15) is 0 Å². The highest BCUT2D eigenvalue weighted by atomic mass is 16.4. The van der Waals surface area contributed by atoms with E-state index in [4.69, 9.17) is 10.2 Å². The zero-order chi connectivity index (χ0) is 41.7. The van der Waals surface area contributed by atoms with Crippen LogP contribution in [0.3, 0.4) is 0 Å². The lowest BCUT2D eigenvalue weighted by molar-refractivity contribution is -0.202. The van der Waals surface area contributed by atoms with Gasteiger partial charge < -0.3 is 51.3 Å². The van der Waals surface area contributed by atoms with Gasteiger partial charge in [-0.1, -0.05) is 20.8 Å². The summed E-state index contributed by atoms with van der Waals surface area (Å²) < 4.78 is 0. The summed E-state index contributed by atoms with van der Waals surface area (Å²) in [7, 11) is 2.00. The highest BCUT2D eigenvalue weighted by Crippen LogP contribution is 2.68. The van der Waals surface area contributed by atoms with Gasteiger partial charge in [-0.2, -0.15) is 0 Å². The van der Waals surface area contributed by atoms with Crippen LogP contribution in [0.15, 0.2) is 0 Å². The van der Waals surface area contributed by atoms with E-state index in [9.17, 15) is 54.9 Å². The Morgan fingerprint density at radius 2 is 1.29 bits per heavy atom. The fraction of sp³-hybridized carbons (Fsp3) is 0.895. The summed E-state index contributed by atoms with van der Waals surface area (Å²) in [6.45, 7) is 5.61. The van der Waals surface area contributed by atoms with Gasteiger partial charge in [0.15, 0.2) is 0 Å². The molecule has 0 aromatic rings. The Labute approximate surface area is 325 Å². The van der Waals surface area contributed by atoms with E-state index in [0.29, 0.717) is 25.7 Å². The Morgan fingerprint density at radius 1 is 0.727 bits per heavy atom. The third-order valence-electron chi connectivity index (χ3n) is 13.7. The van der Waals surface area contributed by atoms with Crippen LogP contribution in [0, 0.1) is 46.3 Å². The average Bonchev–Trinajstić information content (AvgIpc) is 3.50. The lowest BCUT2D eigenvalue weighted by atomic mass is 9.43. The van der Waals surface area contributed by atoms with Crippen molar-refractivity contribution in [3.63, 3.8) is 0 Å². The first-order valence-electron chi connectivity index (χ1n) is 19.6. The molecule has 4 fully saturated rings. The third-order valence-corrected chi connectivity index (χ3v) is 13.7. The largest absolute Gasteiger partial charge is 0.481 e. The van der Waals surface area contributed by atoms with Gasteiger partial charge in [-0.25, -0.2) is 0 Å². The molecule has 55 heavy (non-hydrogen) atoms. The second-order valence-electron chi connectivity index (χ2n) is 16.5. The van der Waals surface area contributed by atoms with E-state index in [0.717, 1.165) is 39.9 Å². The Morgan fingerprint density at radius 3 is 1.84 bits per heavy atom. The topological polar surface area (TPSA) is 272 Å². The van der Waals surface area contributed by atoms with E-state index < -0.39 is 43.2 Å². The van der Waals surface area contributed by atoms with Crippen LogP contribution in [-0.4, -0.2) is 176 Å². The maximum absolute atomic E-state index is 13.4. The maximum atomic E-state index is 13.4. The molecule has 4 rings (SSSR count). The van der Waals surface area contributed by atoms with Crippen LogP contribution in [-0.2, 0) is 19.2 Å².